The number of hydrogen-bond donors (Lipinski definition) is 2. The van der Waals surface area contributed by atoms with E-state index in [4.69, 9.17) is 10.2 Å². The van der Waals surface area contributed by atoms with Crippen molar-refractivity contribution in [3.63, 3.8) is 0 Å². The molecule has 1 aromatic rings. The maximum atomic E-state index is 10.4. The SMILES string of the molecule is O=C(O)/C=C/c1ccccc1C#CCC(=O)O. The summed E-state index contributed by atoms with van der Waals surface area (Å²) in [6.07, 6.45) is 2.20. The van der Waals surface area contributed by atoms with Gasteiger partial charge in [0.1, 0.15) is 6.42 Å². The number of rotatable bonds is 3. The summed E-state index contributed by atoms with van der Waals surface area (Å²) in [5.74, 6) is 3.16. The molecule has 0 aliphatic rings. The van der Waals surface area contributed by atoms with Crippen molar-refractivity contribution in [3.05, 3.63) is 41.5 Å². The Morgan fingerprint density at radius 2 is 1.94 bits per heavy atom. The van der Waals surface area contributed by atoms with Crippen molar-refractivity contribution in [1.29, 1.82) is 0 Å². The van der Waals surface area contributed by atoms with Crippen LogP contribution >= 0.6 is 0 Å². The summed E-state index contributed by atoms with van der Waals surface area (Å²) in [4.78, 5) is 20.7. The third kappa shape index (κ3) is 4.67. The topological polar surface area (TPSA) is 74.6 Å². The van der Waals surface area contributed by atoms with Crippen LogP contribution in [0.2, 0.25) is 0 Å². The molecule has 0 aromatic heterocycles. The van der Waals surface area contributed by atoms with Gasteiger partial charge >= 0.3 is 11.9 Å². The van der Waals surface area contributed by atoms with E-state index in [1.807, 2.05) is 0 Å². The first-order valence-electron chi connectivity index (χ1n) is 4.80. The zero-order valence-corrected chi connectivity index (χ0v) is 8.88. The quantitative estimate of drug-likeness (QED) is 0.611. The van der Waals surface area contributed by atoms with E-state index in [1.165, 1.54) is 6.08 Å². The maximum absolute atomic E-state index is 10.4. The van der Waals surface area contributed by atoms with Gasteiger partial charge in [-0.3, -0.25) is 4.79 Å². The predicted molar refractivity (Wildman–Crippen MR) is 62.2 cm³/mol. The van der Waals surface area contributed by atoms with Crippen LogP contribution < -0.4 is 0 Å². The first-order valence-corrected chi connectivity index (χ1v) is 4.80. The molecule has 0 saturated heterocycles. The summed E-state index contributed by atoms with van der Waals surface area (Å²) < 4.78 is 0. The van der Waals surface area contributed by atoms with Gasteiger partial charge in [0.15, 0.2) is 0 Å². The Morgan fingerprint density at radius 3 is 2.59 bits per heavy atom. The van der Waals surface area contributed by atoms with Gasteiger partial charge < -0.3 is 10.2 Å². The molecule has 0 bridgehead atoms. The number of aliphatic carboxylic acids is 2. The first-order chi connectivity index (χ1) is 8.09. The Balaban J connectivity index is 2.94. The molecule has 17 heavy (non-hydrogen) atoms. The highest BCUT2D eigenvalue weighted by Gasteiger charge is 1.96. The van der Waals surface area contributed by atoms with Crippen molar-refractivity contribution in [3.8, 4) is 11.8 Å². The molecule has 86 valence electrons. The Labute approximate surface area is 98.2 Å². The molecule has 0 spiro atoms. The molecule has 2 N–H and O–H groups in total. The summed E-state index contributed by atoms with van der Waals surface area (Å²) in [7, 11) is 0. The lowest BCUT2D eigenvalue weighted by atomic mass is 10.1. The molecule has 0 unspecified atom stereocenters. The Kier molecular flexibility index (Phi) is 4.52. The minimum Gasteiger partial charge on any atom is -0.481 e. The van der Waals surface area contributed by atoms with E-state index in [9.17, 15) is 9.59 Å². The average molecular weight is 230 g/mol. The highest BCUT2D eigenvalue weighted by Crippen LogP contribution is 2.09. The molecule has 0 saturated carbocycles. The van der Waals surface area contributed by atoms with Crippen molar-refractivity contribution in [1.82, 2.24) is 0 Å². The van der Waals surface area contributed by atoms with Crippen molar-refractivity contribution >= 4 is 18.0 Å². The highest BCUT2D eigenvalue weighted by molar-refractivity contribution is 5.85. The van der Waals surface area contributed by atoms with Gasteiger partial charge in [-0.05, 0) is 17.7 Å². The Hall–Kier alpha value is -2.54. The molecule has 0 aliphatic heterocycles. The summed E-state index contributed by atoms with van der Waals surface area (Å²) in [5, 5.41) is 17.0. The van der Waals surface area contributed by atoms with Crippen LogP contribution in [-0.4, -0.2) is 22.2 Å². The van der Waals surface area contributed by atoms with Gasteiger partial charge in [0, 0.05) is 11.6 Å². The van der Waals surface area contributed by atoms with Crippen LogP contribution in [-0.2, 0) is 9.59 Å². The Morgan fingerprint density at radius 1 is 1.24 bits per heavy atom. The number of hydrogen-bond acceptors (Lipinski definition) is 2. The third-order valence-electron chi connectivity index (χ3n) is 1.83. The van der Waals surface area contributed by atoms with Crippen LogP contribution in [0.15, 0.2) is 30.3 Å². The lowest BCUT2D eigenvalue weighted by Crippen LogP contribution is -1.91. The van der Waals surface area contributed by atoms with Gasteiger partial charge in [0.25, 0.3) is 0 Å². The van der Waals surface area contributed by atoms with Crippen molar-refractivity contribution < 1.29 is 19.8 Å². The lowest BCUT2D eigenvalue weighted by molar-refractivity contribution is -0.136. The lowest BCUT2D eigenvalue weighted by Gasteiger charge is -1.96. The fourth-order valence-electron chi connectivity index (χ4n) is 1.13. The molecule has 0 radical (unpaired) electrons. The van der Waals surface area contributed by atoms with E-state index >= 15 is 0 Å². The van der Waals surface area contributed by atoms with Crippen LogP contribution in [0.5, 0.6) is 0 Å². The predicted octanol–water partition coefficient (Wildman–Crippen LogP) is 1.61. The molecule has 0 fully saturated rings. The number of carbonyl (C=O) groups is 2. The van der Waals surface area contributed by atoms with Crippen molar-refractivity contribution in [2.45, 2.75) is 6.42 Å². The molecular weight excluding hydrogens is 220 g/mol. The molecule has 1 aromatic carbocycles. The van der Waals surface area contributed by atoms with Gasteiger partial charge in [-0.15, -0.1) is 0 Å². The Bertz CT molecular complexity index is 518. The normalized spacial score (nSPS) is 9.65. The summed E-state index contributed by atoms with van der Waals surface area (Å²) in [6.45, 7) is 0. The largest absolute Gasteiger partial charge is 0.481 e. The zero-order chi connectivity index (χ0) is 12.7. The van der Waals surface area contributed by atoms with Crippen LogP contribution in [0.25, 0.3) is 6.08 Å². The van der Waals surface area contributed by atoms with Crippen LogP contribution in [0.4, 0.5) is 0 Å². The highest BCUT2D eigenvalue weighted by atomic mass is 16.4. The van der Waals surface area contributed by atoms with E-state index in [0.29, 0.717) is 11.1 Å². The first kappa shape index (κ1) is 12.5. The molecule has 0 aliphatic carbocycles. The second-order valence-corrected chi connectivity index (χ2v) is 3.13. The zero-order valence-electron chi connectivity index (χ0n) is 8.88. The van der Waals surface area contributed by atoms with Crippen LogP contribution in [0.1, 0.15) is 17.5 Å². The molecule has 1 rings (SSSR count). The van der Waals surface area contributed by atoms with Crippen LogP contribution in [0, 0.1) is 11.8 Å². The van der Waals surface area contributed by atoms with Crippen LogP contribution in [0.3, 0.4) is 0 Å². The third-order valence-corrected chi connectivity index (χ3v) is 1.83. The second-order valence-electron chi connectivity index (χ2n) is 3.13. The minimum absolute atomic E-state index is 0.239. The number of carboxylic acid groups (broad SMARTS) is 2. The standard InChI is InChI=1S/C13H10O4/c14-12(15)7-3-6-10-4-1-2-5-11(10)8-9-13(16)17/h1-2,4-5,8-9H,7H2,(H,14,15)(H,16,17)/b9-8+. The molecule has 0 heterocycles. The van der Waals surface area contributed by atoms with E-state index in [-0.39, 0.29) is 6.42 Å². The molecular formula is C13H10O4. The number of benzene rings is 1. The maximum Gasteiger partial charge on any atom is 0.328 e. The van der Waals surface area contributed by atoms with Crippen molar-refractivity contribution in [2.24, 2.45) is 0 Å². The molecule has 4 nitrogen and oxygen atoms in total. The van der Waals surface area contributed by atoms with E-state index in [2.05, 4.69) is 11.8 Å². The van der Waals surface area contributed by atoms with Crippen molar-refractivity contribution in [2.75, 3.05) is 0 Å². The smallest absolute Gasteiger partial charge is 0.328 e. The molecule has 4 heteroatoms. The fourth-order valence-corrected chi connectivity index (χ4v) is 1.13. The molecule has 0 atom stereocenters. The molecule has 0 amide bonds. The second kappa shape index (κ2) is 6.13. The number of carboxylic acids is 2. The minimum atomic E-state index is -1.04. The van der Waals surface area contributed by atoms with Gasteiger partial charge in [0.2, 0.25) is 0 Å². The fraction of sp³-hybridized carbons (Fsp3) is 0.0769. The van der Waals surface area contributed by atoms with E-state index in [0.717, 1.165) is 6.08 Å². The summed E-state index contributed by atoms with van der Waals surface area (Å²) in [6, 6.07) is 6.92. The van der Waals surface area contributed by atoms with Gasteiger partial charge in [-0.1, -0.05) is 30.0 Å². The van der Waals surface area contributed by atoms with Gasteiger partial charge in [-0.2, -0.15) is 0 Å². The monoisotopic (exact) mass is 230 g/mol. The van der Waals surface area contributed by atoms with Gasteiger partial charge in [-0.25, -0.2) is 4.79 Å². The van der Waals surface area contributed by atoms with E-state index < -0.39 is 11.9 Å². The average Bonchev–Trinajstić information content (AvgIpc) is 2.27. The summed E-state index contributed by atoms with van der Waals surface area (Å²) >= 11 is 0. The summed E-state index contributed by atoms with van der Waals surface area (Å²) in [5.41, 5.74) is 1.25. The van der Waals surface area contributed by atoms with Gasteiger partial charge in [0.05, 0.1) is 0 Å². The van der Waals surface area contributed by atoms with E-state index in [1.54, 1.807) is 24.3 Å².